The zero-order chi connectivity index (χ0) is 46.9. The fraction of sp³-hybridized carbons (Fsp3) is 0.600. The highest BCUT2D eigenvalue weighted by atomic mass is 35.5. The fourth-order valence-corrected chi connectivity index (χ4v) is 12.7. The highest BCUT2D eigenvalue weighted by molar-refractivity contribution is 5.89. The standard InChI is InChI=1S/2C17H23N5O2.C15H21N5.CH4.ClH/c2*1-21(17-14-4-5-18-16(14)19-10-20-17)13-3-2-11-7-22(15(24)9-23)8-12(11)6-13;1-20(12-3-2-10-7-16-8-11(10)6-12)15-13-4-5-17-14(13)18-9-19-15;;/h2*4-5,10-13,23H,2-3,6-9H2,1H3,(H,18,19,20);4-5,9-12,16H,2-3,6-8H2,1H3,(H,17,18,19);1H4;1H/t11-,12+,13+;11-,12+,13-;10-,11+,12?;;/m000../s1. The first kappa shape index (κ1) is 50.7. The molecule has 9 atom stereocenters. The molecule has 12 rings (SSSR count). The van der Waals surface area contributed by atoms with Crippen molar-refractivity contribution in [3.8, 4) is 0 Å². The zero-order valence-corrected chi connectivity index (χ0v) is 40.8. The Morgan fingerprint density at radius 2 is 0.871 bits per heavy atom. The molecule has 0 spiro atoms. The Morgan fingerprint density at radius 3 is 1.26 bits per heavy atom. The van der Waals surface area contributed by atoms with Crippen LogP contribution in [0.5, 0.6) is 0 Å². The molecule has 6 aromatic heterocycles. The van der Waals surface area contributed by atoms with Gasteiger partial charge in [-0.25, -0.2) is 29.9 Å². The zero-order valence-electron chi connectivity index (χ0n) is 40.0. The summed E-state index contributed by atoms with van der Waals surface area (Å²) in [4.78, 5) is 69.8. The largest absolute Gasteiger partial charge is 0.387 e. The van der Waals surface area contributed by atoms with Crippen LogP contribution in [0.15, 0.2) is 55.8 Å². The van der Waals surface area contributed by atoms with Gasteiger partial charge in [-0.05, 0) is 125 Å². The minimum atomic E-state index is -0.380. The second-order valence-electron chi connectivity index (χ2n) is 20.2. The molecule has 19 nitrogen and oxygen atoms in total. The third-order valence-electron chi connectivity index (χ3n) is 16.6. The number of carbonyl (C=O) groups excluding carboxylic acids is 2. The lowest BCUT2D eigenvalue weighted by atomic mass is 9.78. The van der Waals surface area contributed by atoms with Gasteiger partial charge in [0.15, 0.2) is 0 Å². The molecule has 6 aliphatic rings. The molecule has 9 heterocycles. The van der Waals surface area contributed by atoms with Gasteiger partial charge in [0.25, 0.3) is 0 Å². The average molecular weight is 983 g/mol. The Kier molecular flexibility index (Phi) is 16.1. The molecular formula is C50H72ClN15O4. The van der Waals surface area contributed by atoms with E-state index in [2.05, 4.69) is 92.1 Å². The van der Waals surface area contributed by atoms with Crippen molar-refractivity contribution < 1.29 is 19.8 Å². The summed E-state index contributed by atoms with van der Waals surface area (Å²) < 4.78 is 0. The quantitative estimate of drug-likeness (QED) is 0.120. The molecule has 3 saturated heterocycles. The number of hydrogen-bond donors (Lipinski definition) is 6. The fourth-order valence-electron chi connectivity index (χ4n) is 12.7. The van der Waals surface area contributed by atoms with Crippen molar-refractivity contribution in [2.24, 2.45) is 35.5 Å². The number of nitrogens with zero attached hydrogens (tertiary/aromatic N) is 11. The van der Waals surface area contributed by atoms with Gasteiger partial charge in [-0.3, -0.25) is 9.59 Å². The number of hydrogen-bond acceptors (Lipinski definition) is 14. The number of rotatable bonds is 8. The van der Waals surface area contributed by atoms with Crippen molar-refractivity contribution in [2.45, 2.75) is 83.3 Å². The van der Waals surface area contributed by atoms with Gasteiger partial charge < -0.3 is 55.0 Å². The number of H-pyrrole nitrogens is 3. The SMILES string of the molecule is C.CN(c1ncnc2[nH]ccc12)C1CC[C@H]2CNC[C@H]2C1.CN(c1ncnc2[nH]ccc12)[C@@H]1CC[C@H]2CN(C(=O)CO)C[C@H]2C1.CN(c1ncnc2[nH]ccc12)[C@H]1CC[C@H]2CN(C(=O)CO)C[C@H]2C1.Cl. The number of fused-ring (bicyclic) bond motifs is 6. The molecule has 0 bridgehead atoms. The maximum Gasteiger partial charge on any atom is 0.248 e. The molecular weight excluding hydrogens is 910 g/mol. The van der Waals surface area contributed by atoms with E-state index in [1.807, 2.05) is 40.5 Å². The Balaban J connectivity index is 0.000000140. The van der Waals surface area contributed by atoms with Gasteiger partial charge in [-0.2, -0.15) is 0 Å². The Bertz CT molecular complexity index is 2550. The van der Waals surface area contributed by atoms with Gasteiger partial charge in [0.1, 0.15) is 66.6 Å². The first-order valence-electron chi connectivity index (χ1n) is 24.7. The summed E-state index contributed by atoms with van der Waals surface area (Å²) in [6.07, 6.45) is 21.1. The predicted molar refractivity (Wildman–Crippen MR) is 275 cm³/mol. The summed E-state index contributed by atoms with van der Waals surface area (Å²) in [5.74, 6) is 6.64. The number of aliphatic hydroxyl groups excluding tert-OH is 2. The number of aliphatic hydroxyl groups is 2. The van der Waals surface area contributed by atoms with Gasteiger partial charge in [0.05, 0.1) is 16.2 Å². The summed E-state index contributed by atoms with van der Waals surface area (Å²) in [6, 6.07) is 7.55. The van der Waals surface area contributed by atoms with Gasteiger partial charge >= 0.3 is 0 Å². The normalized spacial score (nSPS) is 26.7. The number of halogens is 1. The van der Waals surface area contributed by atoms with E-state index in [-0.39, 0.29) is 44.9 Å². The van der Waals surface area contributed by atoms with E-state index in [1.54, 1.807) is 19.0 Å². The molecule has 1 unspecified atom stereocenters. The number of anilines is 3. The summed E-state index contributed by atoms with van der Waals surface area (Å²) in [5.41, 5.74) is 2.65. The summed E-state index contributed by atoms with van der Waals surface area (Å²) >= 11 is 0. The van der Waals surface area contributed by atoms with E-state index >= 15 is 0 Å². The second-order valence-corrected chi connectivity index (χ2v) is 20.2. The first-order valence-corrected chi connectivity index (χ1v) is 24.7. The van der Waals surface area contributed by atoms with Crippen LogP contribution in [0.3, 0.4) is 0 Å². The molecule has 3 saturated carbocycles. The van der Waals surface area contributed by atoms with E-state index in [1.165, 1.54) is 32.4 Å². The number of aromatic amines is 3. The average Bonchev–Trinajstić information content (AvgIpc) is 4.25. The van der Waals surface area contributed by atoms with Crippen LogP contribution in [0, 0.1) is 35.5 Å². The molecule has 0 aromatic carbocycles. The topological polar surface area (TPSA) is 228 Å². The van der Waals surface area contributed by atoms with Gasteiger partial charge in [0, 0.05) is 84.0 Å². The molecule has 6 fully saturated rings. The highest BCUT2D eigenvalue weighted by Crippen LogP contribution is 2.41. The Hall–Kier alpha value is -5.63. The summed E-state index contributed by atoms with van der Waals surface area (Å²) in [6.45, 7) is 4.81. The molecule has 3 aliphatic heterocycles. The van der Waals surface area contributed by atoms with Crippen LogP contribution in [0.25, 0.3) is 33.1 Å². The van der Waals surface area contributed by atoms with Crippen LogP contribution in [0.1, 0.15) is 65.2 Å². The second kappa shape index (κ2) is 22.2. The molecule has 378 valence electrons. The van der Waals surface area contributed by atoms with E-state index in [0.717, 1.165) is 127 Å². The van der Waals surface area contributed by atoms with Crippen LogP contribution in [0.2, 0.25) is 0 Å². The molecule has 2 amide bonds. The van der Waals surface area contributed by atoms with Crippen LogP contribution in [-0.2, 0) is 9.59 Å². The number of amides is 2. The highest BCUT2D eigenvalue weighted by Gasteiger charge is 2.42. The Labute approximate surface area is 416 Å². The third-order valence-corrected chi connectivity index (χ3v) is 16.6. The lowest BCUT2D eigenvalue weighted by Gasteiger charge is -2.37. The molecule has 70 heavy (non-hydrogen) atoms. The van der Waals surface area contributed by atoms with Gasteiger partial charge in [-0.1, -0.05) is 7.43 Å². The minimum Gasteiger partial charge on any atom is -0.387 e. The smallest absolute Gasteiger partial charge is 0.248 e. The number of likely N-dealkylation sites (tertiary alicyclic amines) is 2. The van der Waals surface area contributed by atoms with Crippen molar-refractivity contribution in [3.05, 3.63) is 55.8 Å². The van der Waals surface area contributed by atoms with Crippen LogP contribution in [-0.4, -0.2) is 168 Å². The minimum absolute atomic E-state index is 0. The third kappa shape index (κ3) is 10.3. The van der Waals surface area contributed by atoms with Crippen LogP contribution >= 0.6 is 12.4 Å². The van der Waals surface area contributed by atoms with E-state index in [0.29, 0.717) is 41.8 Å². The summed E-state index contributed by atoms with van der Waals surface area (Å²) in [7, 11) is 6.39. The first-order chi connectivity index (χ1) is 33.2. The van der Waals surface area contributed by atoms with E-state index in [4.69, 9.17) is 10.2 Å². The molecule has 6 N–H and O–H groups in total. The van der Waals surface area contributed by atoms with Gasteiger partial charge in [-0.15, -0.1) is 12.4 Å². The van der Waals surface area contributed by atoms with Crippen molar-refractivity contribution in [1.82, 2.24) is 60.0 Å². The van der Waals surface area contributed by atoms with E-state index < -0.39 is 0 Å². The van der Waals surface area contributed by atoms with Crippen molar-refractivity contribution in [2.75, 3.05) is 88.3 Å². The molecule has 6 aromatic rings. The predicted octanol–water partition coefficient (Wildman–Crippen LogP) is 4.87. The van der Waals surface area contributed by atoms with Crippen molar-refractivity contribution in [3.63, 3.8) is 0 Å². The number of aromatic nitrogens is 9. The van der Waals surface area contributed by atoms with Crippen molar-refractivity contribution in [1.29, 1.82) is 0 Å². The van der Waals surface area contributed by atoms with E-state index in [9.17, 15) is 9.59 Å². The molecule has 3 aliphatic carbocycles. The maximum atomic E-state index is 11.8. The van der Waals surface area contributed by atoms with Crippen LogP contribution < -0.4 is 20.0 Å². The molecule has 0 radical (unpaired) electrons. The Morgan fingerprint density at radius 1 is 0.529 bits per heavy atom. The lowest BCUT2D eigenvalue weighted by molar-refractivity contribution is -0.134. The number of carbonyl (C=O) groups is 2. The van der Waals surface area contributed by atoms with Gasteiger partial charge in [0.2, 0.25) is 11.8 Å². The number of nitrogens with one attached hydrogen (secondary N) is 4. The maximum absolute atomic E-state index is 11.8. The van der Waals surface area contributed by atoms with Crippen molar-refractivity contribution >= 4 is 74.8 Å². The lowest BCUT2D eigenvalue weighted by Crippen LogP contribution is -2.39. The van der Waals surface area contributed by atoms with Crippen LogP contribution in [0.4, 0.5) is 17.5 Å². The monoisotopic (exact) mass is 982 g/mol. The summed E-state index contributed by atoms with van der Waals surface area (Å²) in [5, 5.41) is 24.9. The molecule has 20 heteroatoms.